The number of benzene rings is 2. The SMILES string of the molecule is COC(=O)c1ccc(COC(=O)[C@H](C)NS(=O)(=O)c2ccccc2F)cc1. The molecule has 0 amide bonds. The number of rotatable bonds is 7. The van der Waals surface area contributed by atoms with Gasteiger partial charge in [0.2, 0.25) is 10.0 Å². The fourth-order valence-electron chi connectivity index (χ4n) is 2.14. The van der Waals surface area contributed by atoms with Crippen molar-refractivity contribution in [3.05, 3.63) is 65.5 Å². The van der Waals surface area contributed by atoms with Crippen LogP contribution in [0.2, 0.25) is 0 Å². The van der Waals surface area contributed by atoms with E-state index in [1.165, 1.54) is 38.3 Å². The molecule has 2 aromatic rings. The van der Waals surface area contributed by atoms with Gasteiger partial charge in [-0.15, -0.1) is 0 Å². The fraction of sp³-hybridized carbons (Fsp3) is 0.222. The number of halogens is 1. The molecule has 0 aromatic heterocycles. The maximum absolute atomic E-state index is 13.7. The third kappa shape index (κ3) is 5.35. The van der Waals surface area contributed by atoms with Crippen molar-refractivity contribution in [1.82, 2.24) is 4.72 Å². The second-order valence-corrected chi connectivity index (χ2v) is 7.25. The predicted octanol–water partition coefficient (Wildman–Crippen LogP) is 2.02. The van der Waals surface area contributed by atoms with E-state index >= 15 is 0 Å². The molecule has 0 aliphatic heterocycles. The van der Waals surface area contributed by atoms with Crippen LogP contribution in [-0.2, 0) is 30.9 Å². The number of nitrogens with one attached hydrogen (secondary N) is 1. The highest BCUT2D eigenvalue weighted by Crippen LogP contribution is 2.14. The zero-order valence-corrected chi connectivity index (χ0v) is 15.5. The number of carbonyl (C=O) groups is 2. The number of methoxy groups -OCH3 is 1. The number of esters is 2. The smallest absolute Gasteiger partial charge is 0.337 e. The lowest BCUT2D eigenvalue weighted by Crippen LogP contribution is -2.39. The molecule has 0 fully saturated rings. The molecule has 0 heterocycles. The Balaban J connectivity index is 1.96. The summed E-state index contributed by atoms with van der Waals surface area (Å²) in [7, 11) is -2.95. The van der Waals surface area contributed by atoms with E-state index in [0.29, 0.717) is 11.1 Å². The Kier molecular flexibility index (Phi) is 6.65. The predicted molar refractivity (Wildman–Crippen MR) is 93.8 cm³/mol. The average molecular weight is 395 g/mol. The van der Waals surface area contributed by atoms with Gasteiger partial charge in [-0.3, -0.25) is 4.79 Å². The average Bonchev–Trinajstić information content (AvgIpc) is 2.65. The third-order valence-corrected chi connectivity index (χ3v) is 5.14. The summed E-state index contributed by atoms with van der Waals surface area (Å²) in [4.78, 5) is 22.8. The standard InChI is InChI=1S/C18H18FNO6S/c1-12(20-27(23,24)16-6-4-3-5-15(16)19)17(21)26-11-13-7-9-14(10-8-13)18(22)25-2/h3-10,12,20H,11H2,1-2H3/t12-/m0/s1. The van der Waals surface area contributed by atoms with Crippen LogP contribution in [0, 0.1) is 5.82 Å². The molecule has 144 valence electrons. The van der Waals surface area contributed by atoms with E-state index in [9.17, 15) is 22.4 Å². The number of ether oxygens (including phenoxy) is 2. The van der Waals surface area contributed by atoms with Gasteiger partial charge in [-0.25, -0.2) is 17.6 Å². The van der Waals surface area contributed by atoms with Gasteiger partial charge in [0.25, 0.3) is 0 Å². The van der Waals surface area contributed by atoms with Crippen molar-refractivity contribution in [2.75, 3.05) is 7.11 Å². The van der Waals surface area contributed by atoms with E-state index in [2.05, 4.69) is 9.46 Å². The van der Waals surface area contributed by atoms with Crippen LogP contribution in [0.5, 0.6) is 0 Å². The summed E-state index contributed by atoms with van der Waals surface area (Å²) in [6, 6.07) is 9.80. The highest BCUT2D eigenvalue weighted by molar-refractivity contribution is 7.89. The first kappa shape index (κ1) is 20.5. The number of sulfonamides is 1. The molecule has 1 atom stereocenters. The van der Waals surface area contributed by atoms with Crippen LogP contribution in [0.25, 0.3) is 0 Å². The van der Waals surface area contributed by atoms with Crippen molar-refractivity contribution < 1.29 is 31.9 Å². The van der Waals surface area contributed by atoms with Crippen molar-refractivity contribution in [2.45, 2.75) is 24.5 Å². The fourth-order valence-corrected chi connectivity index (χ4v) is 3.41. The van der Waals surface area contributed by atoms with Crippen LogP contribution < -0.4 is 4.72 Å². The molecule has 0 aliphatic carbocycles. The molecular formula is C18H18FNO6S. The van der Waals surface area contributed by atoms with Crippen LogP contribution in [0.1, 0.15) is 22.8 Å². The van der Waals surface area contributed by atoms with Crippen LogP contribution in [0.4, 0.5) is 4.39 Å². The molecule has 7 nitrogen and oxygen atoms in total. The van der Waals surface area contributed by atoms with Gasteiger partial charge < -0.3 is 9.47 Å². The van der Waals surface area contributed by atoms with Crippen molar-refractivity contribution in [1.29, 1.82) is 0 Å². The highest BCUT2D eigenvalue weighted by atomic mass is 32.2. The van der Waals surface area contributed by atoms with Gasteiger partial charge >= 0.3 is 11.9 Å². The largest absolute Gasteiger partial charge is 0.465 e. The normalized spacial score (nSPS) is 12.3. The van der Waals surface area contributed by atoms with Gasteiger partial charge in [0.1, 0.15) is 23.4 Å². The maximum Gasteiger partial charge on any atom is 0.337 e. The summed E-state index contributed by atoms with van der Waals surface area (Å²) in [5, 5.41) is 0. The van der Waals surface area contributed by atoms with Gasteiger partial charge in [0.15, 0.2) is 0 Å². The van der Waals surface area contributed by atoms with Gasteiger partial charge in [0.05, 0.1) is 12.7 Å². The first-order valence-electron chi connectivity index (χ1n) is 7.85. The zero-order chi connectivity index (χ0) is 20.0. The van der Waals surface area contributed by atoms with Gasteiger partial charge in [0, 0.05) is 0 Å². The molecular weight excluding hydrogens is 377 g/mol. The molecule has 0 saturated heterocycles. The Labute approximate surface area is 156 Å². The van der Waals surface area contributed by atoms with Gasteiger partial charge in [-0.05, 0) is 36.8 Å². The lowest BCUT2D eigenvalue weighted by atomic mass is 10.1. The molecule has 0 saturated carbocycles. The summed E-state index contributed by atoms with van der Waals surface area (Å²) >= 11 is 0. The first-order valence-corrected chi connectivity index (χ1v) is 9.33. The molecule has 27 heavy (non-hydrogen) atoms. The Morgan fingerprint density at radius 1 is 1.11 bits per heavy atom. The van der Waals surface area contributed by atoms with Crippen molar-refractivity contribution >= 4 is 22.0 Å². The van der Waals surface area contributed by atoms with Crippen molar-refractivity contribution in [3.8, 4) is 0 Å². The second-order valence-electron chi connectivity index (χ2n) is 5.57. The van der Waals surface area contributed by atoms with E-state index < -0.39 is 38.7 Å². The van der Waals surface area contributed by atoms with Gasteiger partial charge in [-0.1, -0.05) is 24.3 Å². The topological polar surface area (TPSA) is 98.8 Å². The highest BCUT2D eigenvalue weighted by Gasteiger charge is 2.25. The maximum atomic E-state index is 13.7. The molecule has 0 unspecified atom stereocenters. The second kappa shape index (κ2) is 8.74. The molecule has 2 rings (SSSR count). The zero-order valence-electron chi connectivity index (χ0n) is 14.6. The number of hydrogen-bond acceptors (Lipinski definition) is 6. The van der Waals surface area contributed by atoms with E-state index in [-0.39, 0.29) is 6.61 Å². The molecule has 0 spiro atoms. The first-order chi connectivity index (χ1) is 12.7. The van der Waals surface area contributed by atoms with E-state index in [0.717, 1.165) is 12.1 Å². The summed E-state index contributed by atoms with van der Waals surface area (Å²) in [5.74, 6) is -2.24. The van der Waals surface area contributed by atoms with Crippen LogP contribution in [0.3, 0.4) is 0 Å². The number of carbonyl (C=O) groups excluding carboxylic acids is 2. The van der Waals surface area contributed by atoms with E-state index in [1.54, 1.807) is 12.1 Å². The minimum Gasteiger partial charge on any atom is -0.465 e. The monoisotopic (exact) mass is 395 g/mol. The van der Waals surface area contributed by atoms with E-state index in [1.807, 2.05) is 0 Å². The Bertz CT molecular complexity index is 927. The minimum atomic E-state index is -4.21. The molecule has 1 N–H and O–H groups in total. The summed E-state index contributed by atoms with van der Waals surface area (Å²) in [6.45, 7) is 1.17. The van der Waals surface area contributed by atoms with Crippen LogP contribution in [-0.4, -0.2) is 33.5 Å². The molecule has 0 bridgehead atoms. The Morgan fingerprint density at radius 3 is 2.33 bits per heavy atom. The Morgan fingerprint density at radius 2 is 1.74 bits per heavy atom. The molecule has 2 aromatic carbocycles. The quantitative estimate of drug-likeness (QED) is 0.720. The van der Waals surface area contributed by atoms with Crippen LogP contribution >= 0.6 is 0 Å². The molecule has 9 heteroatoms. The minimum absolute atomic E-state index is 0.119. The summed E-state index contributed by atoms with van der Waals surface area (Å²) in [6.07, 6.45) is 0. The van der Waals surface area contributed by atoms with E-state index in [4.69, 9.17) is 4.74 Å². The van der Waals surface area contributed by atoms with Crippen LogP contribution in [0.15, 0.2) is 53.4 Å². The Hall–Kier alpha value is -2.78. The summed E-state index contributed by atoms with van der Waals surface area (Å²) < 4.78 is 49.7. The summed E-state index contributed by atoms with van der Waals surface area (Å²) in [5.41, 5.74) is 0.943. The lowest BCUT2D eigenvalue weighted by molar-refractivity contribution is -0.146. The lowest BCUT2D eigenvalue weighted by Gasteiger charge is -2.14. The van der Waals surface area contributed by atoms with Crippen molar-refractivity contribution in [2.24, 2.45) is 0 Å². The molecule has 0 radical (unpaired) electrons. The van der Waals surface area contributed by atoms with Crippen molar-refractivity contribution in [3.63, 3.8) is 0 Å². The number of hydrogen-bond donors (Lipinski definition) is 1. The third-order valence-electron chi connectivity index (χ3n) is 3.57. The van der Waals surface area contributed by atoms with Gasteiger partial charge in [-0.2, -0.15) is 4.72 Å². The molecule has 0 aliphatic rings.